The van der Waals surface area contributed by atoms with E-state index in [0.717, 1.165) is 57.8 Å². The zero-order valence-corrected chi connectivity index (χ0v) is 34.5. The summed E-state index contributed by atoms with van der Waals surface area (Å²) in [5.41, 5.74) is 5.35. The molecule has 0 radical (unpaired) electrons. The van der Waals surface area contributed by atoms with E-state index in [0.29, 0.717) is 13.0 Å². The van der Waals surface area contributed by atoms with Crippen LogP contribution in [0.1, 0.15) is 181 Å². The first-order chi connectivity index (χ1) is 25.7. The summed E-state index contributed by atoms with van der Waals surface area (Å²) in [4.78, 5) is 33.5. The summed E-state index contributed by atoms with van der Waals surface area (Å²) >= 11 is 0. The number of hydrogen-bond acceptors (Lipinski definition) is 8. The molecule has 53 heavy (non-hydrogen) atoms. The molecule has 0 saturated heterocycles. The highest BCUT2D eigenvalue weighted by Gasteiger charge is 2.27. The van der Waals surface area contributed by atoms with Gasteiger partial charge in [-0.2, -0.15) is 0 Å². The van der Waals surface area contributed by atoms with Crippen LogP contribution in [0.5, 0.6) is 0 Å². The van der Waals surface area contributed by atoms with E-state index in [4.69, 9.17) is 29.4 Å². The Hall–Kier alpha value is -1.81. The fourth-order valence-corrected chi connectivity index (χ4v) is 6.45. The molecule has 0 aromatic carbocycles. The maximum Gasteiger partial charge on any atom is 0.472 e. The number of hydrogen-bond donors (Lipinski definition) is 3. The molecule has 0 amide bonds. The first kappa shape index (κ1) is 51.2. The zero-order valence-electron chi connectivity index (χ0n) is 33.6. The maximum atomic E-state index is 12.6. The molecule has 0 saturated carbocycles. The van der Waals surface area contributed by atoms with E-state index in [2.05, 4.69) is 50.3 Å². The van der Waals surface area contributed by atoms with E-state index < -0.39 is 45.1 Å². The summed E-state index contributed by atoms with van der Waals surface area (Å²) in [6.07, 6.45) is 41.9. The molecule has 3 atom stereocenters. The van der Waals surface area contributed by atoms with Crippen molar-refractivity contribution in [3.8, 4) is 0 Å². The van der Waals surface area contributed by atoms with Crippen LogP contribution in [0, 0.1) is 0 Å². The number of unbranched alkanes of at least 4 members (excludes halogenated alkanes) is 20. The molecule has 0 aliphatic rings. The van der Waals surface area contributed by atoms with Crippen molar-refractivity contribution in [3.05, 3.63) is 36.5 Å². The molecule has 0 spiro atoms. The lowest BCUT2D eigenvalue weighted by Crippen LogP contribution is -2.34. The lowest BCUT2D eigenvalue weighted by molar-refractivity contribution is -0.154. The number of carboxylic acids is 1. The molecule has 0 heterocycles. The van der Waals surface area contributed by atoms with Crippen LogP contribution in [0.2, 0.25) is 0 Å². The average molecular weight is 772 g/mol. The second-order valence-electron chi connectivity index (χ2n) is 14.1. The van der Waals surface area contributed by atoms with Crippen LogP contribution in [0.3, 0.4) is 0 Å². The summed E-state index contributed by atoms with van der Waals surface area (Å²) in [5.74, 6) is -1.78. The molecule has 0 rings (SSSR count). The Labute approximate surface area is 323 Å². The van der Waals surface area contributed by atoms with Gasteiger partial charge >= 0.3 is 19.8 Å². The molecule has 0 fully saturated rings. The lowest BCUT2D eigenvalue weighted by Gasteiger charge is -2.20. The van der Waals surface area contributed by atoms with E-state index in [1.165, 1.54) is 96.3 Å². The van der Waals surface area contributed by atoms with Gasteiger partial charge in [0.15, 0.2) is 0 Å². The van der Waals surface area contributed by atoms with Crippen molar-refractivity contribution >= 4 is 19.8 Å². The van der Waals surface area contributed by atoms with E-state index in [1.54, 1.807) is 0 Å². The Balaban J connectivity index is 4.24. The van der Waals surface area contributed by atoms with Gasteiger partial charge in [0.25, 0.3) is 0 Å². The number of phosphoric acid groups is 1. The number of esters is 1. The summed E-state index contributed by atoms with van der Waals surface area (Å²) in [6, 6.07) is -1.47. The summed E-state index contributed by atoms with van der Waals surface area (Å²) in [6.45, 7) is 3.76. The normalized spacial score (nSPS) is 14.3. The van der Waals surface area contributed by atoms with E-state index in [9.17, 15) is 19.0 Å². The molecule has 10 nitrogen and oxygen atoms in total. The molecule has 0 aromatic heterocycles. The Morgan fingerprint density at radius 2 is 1.09 bits per heavy atom. The molecule has 0 aliphatic carbocycles. The standard InChI is InChI=1S/C42H78NO9P/c1-3-5-7-9-11-13-15-17-18-19-20-21-23-25-27-29-31-33-35-49-36-39(37-50-53(47,48)51-38-40(43)42(45)46)52-41(44)34-32-30-28-26-24-22-16-14-12-10-8-6-4-2/h5,7,11,13,17-18,39-40H,3-4,6,8-10,12,14-16,19-38,43H2,1-2H3,(H,45,46)(H,47,48)/b7-5-,13-11-,18-17-. The van der Waals surface area contributed by atoms with Gasteiger partial charge in [-0.3, -0.25) is 18.6 Å². The second kappa shape index (κ2) is 38.5. The number of nitrogens with two attached hydrogens (primary N) is 1. The third kappa shape index (κ3) is 38.3. The van der Waals surface area contributed by atoms with Crippen LogP contribution in [-0.4, -0.2) is 60.5 Å². The first-order valence-electron chi connectivity index (χ1n) is 21.0. The number of carboxylic acid groups (broad SMARTS) is 1. The van der Waals surface area contributed by atoms with Gasteiger partial charge in [0.05, 0.1) is 19.8 Å². The molecule has 4 N–H and O–H groups in total. The van der Waals surface area contributed by atoms with Gasteiger partial charge in [-0.1, -0.05) is 166 Å². The minimum absolute atomic E-state index is 0.0139. The van der Waals surface area contributed by atoms with Crippen LogP contribution in [0.15, 0.2) is 36.5 Å². The topological polar surface area (TPSA) is 155 Å². The summed E-state index contributed by atoms with van der Waals surface area (Å²) < 4.78 is 33.3. The van der Waals surface area contributed by atoms with Gasteiger partial charge in [-0.15, -0.1) is 0 Å². The quantitative estimate of drug-likeness (QED) is 0.0237. The third-order valence-corrected chi connectivity index (χ3v) is 9.88. The SMILES string of the molecule is CC/C=C\C/C=C\C/C=C\CCCCCCCCCCOCC(COP(=O)(O)OCC(N)C(=O)O)OC(=O)CCCCCCCCCCCCCCC. The Morgan fingerprint density at radius 1 is 0.623 bits per heavy atom. The highest BCUT2D eigenvalue weighted by atomic mass is 31.2. The van der Waals surface area contributed by atoms with Crippen molar-refractivity contribution in [1.29, 1.82) is 0 Å². The number of carbonyl (C=O) groups excluding carboxylic acids is 1. The highest BCUT2D eigenvalue weighted by molar-refractivity contribution is 7.47. The number of allylic oxidation sites excluding steroid dienone is 6. The second-order valence-corrected chi connectivity index (χ2v) is 15.5. The monoisotopic (exact) mass is 772 g/mol. The molecule has 3 unspecified atom stereocenters. The van der Waals surface area contributed by atoms with Crippen LogP contribution >= 0.6 is 7.82 Å². The Morgan fingerprint density at radius 3 is 1.64 bits per heavy atom. The average Bonchev–Trinajstić information content (AvgIpc) is 3.13. The number of carbonyl (C=O) groups is 2. The number of ether oxygens (including phenoxy) is 2. The predicted octanol–water partition coefficient (Wildman–Crippen LogP) is 11.3. The molecule has 0 aromatic rings. The van der Waals surface area contributed by atoms with E-state index >= 15 is 0 Å². The highest BCUT2D eigenvalue weighted by Crippen LogP contribution is 2.43. The number of aliphatic carboxylic acids is 1. The van der Waals surface area contributed by atoms with Crippen molar-refractivity contribution in [2.45, 2.75) is 193 Å². The fourth-order valence-electron chi connectivity index (χ4n) is 5.68. The van der Waals surface area contributed by atoms with Crippen LogP contribution in [-0.2, 0) is 32.7 Å². The molecule has 11 heteroatoms. The largest absolute Gasteiger partial charge is 0.480 e. The minimum atomic E-state index is -4.61. The Kier molecular flexibility index (Phi) is 37.2. The van der Waals surface area contributed by atoms with Crippen LogP contribution in [0.4, 0.5) is 0 Å². The molecule has 310 valence electrons. The molecule has 0 aliphatic heterocycles. The van der Waals surface area contributed by atoms with Gasteiger partial charge in [0.1, 0.15) is 12.1 Å². The van der Waals surface area contributed by atoms with Crippen molar-refractivity contribution in [2.24, 2.45) is 5.73 Å². The van der Waals surface area contributed by atoms with E-state index in [1.807, 2.05) is 0 Å². The predicted molar refractivity (Wildman–Crippen MR) is 217 cm³/mol. The lowest BCUT2D eigenvalue weighted by atomic mass is 10.0. The zero-order chi connectivity index (χ0) is 39.1. The Bertz CT molecular complexity index is 988. The maximum absolute atomic E-state index is 12.6. The fraction of sp³-hybridized carbons (Fsp3) is 0.810. The summed E-state index contributed by atoms with van der Waals surface area (Å²) in [5, 5.41) is 8.88. The van der Waals surface area contributed by atoms with Crippen LogP contribution < -0.4 is 5.73 Å². The molecular formula is C42H78NO9P. The third-order valence-electron chi connectivity index (χ3n) is 8.93. The smallest absolute Gasteiger partial charge is 0.472 e. The van der Waals surface area contributed by atoms with Crippen LogP contribution in [0.25, 0.3) is 0 Å². The van der Waals surface area contributed by atoms with E-state index in [-0.39, 0.29) is 13.0 Å². The van der Waals surface area contributed by atoms with Crippen molar-refractivity contribution in [3.63, 3.8) is 0 Å². The van der Waals surface area contributed by atoms with Crippen molar-refractivity contribution in [2.75, 3.05) is 26.4 Å². The first-order valence-corrected chi connectivity index (χ1v) is 22.5. The van der Waals surface area contributed by atoms with Crippen molar-refractivity contribution in [1.82, 2.24) is 0 Å². The van der Waals surface area contributed by atoms with Gasteiger partial charge < -0.3 is 25.2 Å². The summed E-state index contributed by atoms with van der Waals surface area (Å²) in [7, 11) is -4.61. The van der Waals surface area contributed by atoms with Gasteiger partial charge in [-0.25, -0.2) is 4.57 Å². The molecule has 0 bridgehead atoms. The van der Waals surface area contributed by atoms with Crippen molar-refractivity contribution < 1.29 is 42.7 Å². The van der Waals surface area contributed by atoms with Gasteiger partial charge in [0.2, 0.25) is 0 Å². The minimum Gasteiger partial charge on any atom is -0.480 e. The van der Waals surface area contributed by atoms with Gasteiger partial charge in [-0.05, 0) is 44.9 Å². The molecular weight excluding hydrogens is 693 g/mol. The number of rotatable bonds is 40. The number of phosphoric ester groups is 1. The van der Waals surface area contributed by atoms with Gasteiger partial charge in [0, 0.05) is 13.0 Å².